The summed E-state index contributed by atoms with van der Waals surface area (Å²) in [6.07, 6.45) is 3.77. The van der Waals surface area contributed by atoms with Gasteiger partial charge in [-0.05, 0) is 42.7 Å². The van der Waals surface area contributed by atoms with E-state index in [1.807, 2.05) is 0 Å². The van der Waals surface area contributed by atoms with Gasteiger partial charge in [0.2, 0.25) is 0 Å². The van der Waals surface area contributed by atoms with Crippen LogP contribution in [0.4, 0.5) is 4.39 Å². The Morgan fingerprint density at radius 1 is 1.33 bits per heavy atom. The van der Waals surface area contributed by atoms with Gasteiger partial charge < -0.3 is 9.47 Å². The van der Waals surface area contributed by atoms with Crippen molar-refractivity contribution in [2.45, 2.75) is 25.6 Å². The number of halogens is 2. The van der Waals surface area contributed by atoms with Crippen molar-refractivity contribution in [3.8, 4) is 5.75 Å². The first-order valence-corrected chi connectivity index (χ1v) is 11.1. The minimum Gasteiger partial charge on any atom is -0.487 e. The second kappa shape index (κ2) is 9.47. The lowest BCUT2D eigenvalue weighted by molar-refractivity contribution is -0.123. The Kier molecular flexibility index (Phi) is 6.73. The molecule has 30 heavy (non-hydrogen) atoms. The second-order valence-electron chi connectivity index (χ2n) is 7.00. The van der Waals surface area contributed by atoms with Gasteiger partial charge in [0.25, 0.3) is 5.91 Å². The van der Waals surface area contributed by atoms with E-state index in [0.29, 0.717) is 32.1 Å². The van der Waals surface area contributed by atoms with Crippen LogP contribution < -0.4 is 4.74 Å². The smallest absolute Gasteiger partial charge is 0.266 e. The van der Waals surface area contributed by atoms with E-state index in [1.165, 1.54) is 17.8 Å². The molecule has 156 valence electrons. The molecule has 2 aliphatic heterocycles. The molecule has 0 aliphatic carbocycles. The van der Waals surface area contributed by atoms with Gasteiger partial charge in [-0.3, -0.25) is 9.69 Å². The number of hydrogen-bond donors (Lipinski definition) is 0. The fourth-order valence-corrected chi connectivity index (χ4v) is 4.81. The summed E-state index contributed by atoms with van der Waals surface area (Å²) in [6, 6.07) is 11.7. The molecular formula is C22H19ClFNO3S2. The molecule has 0 spiro atoms. The van der Waals surface area contributed by atoms with Gasteiger partial charge in [0.1, 0.15) is 22.5 Å². The molecule has 2 aromatic rings. The number of ether oxygens (including phenoxy) is 2. The van der Waals surface area contributed by atoms with Gasteiger partial charge in [0.15, 0.2) is 0 Å². The average Bonchev–Trinajstić information content (AvgIpc) is 3.33. The van der Waals surface area contributed by atoms with E-state index in [-0.39, 0.29) is 24.4 Å². The van der Waals surface area contributed by atoms with Gasteiger partial charge in [-0.15, -0.1) is 0 Å². The molecule has 4 nitrogen and oxygen atoms in total. The van der Waals surface area contributed by atoms with Gasteiger partial charge >= 0.3 is 0 Å². The van der Waals surface area contributed by atoms with E-state index in [9.17, 15) is 9.18 Å². The third-order valence-corrected chi connectivity index (χ3v) is 6.55. The molecule has 2 aliphatic rings. The first kappa shape index (κ1) is 21.3. The molecule has 0 N–H and O–H groups in total. The van der Waals surface area contributed by atoms with Crippen LogP contribution in [0.15, 0.2) is 47.4 Å². The Balaban J connectivity index is 1.43. The minimum atomic E-state index is -0.324. The van der Waals surface area contributed by atoms with Crippen LogP contribution in [0.2, 0.25) is 5.02 Å². The molecule has 0 radical (unpaired) electrons. The summed E-state index contributed by atoms with van der Waals surface area (Å²) in [4.78, 5) is 14.9. The van der Waals surface area contributed by atoms with E-state index in [2.05, 4.69) is 0 Å². The Hall–Kier alpha value is -1.93. The standard InChI is InChI=1S/C22H19ClFNO3S2/c23-17-10-14(7-8-19(17)28-13-15-4-1-2-6-18(15)24)11-20-21(26)25(22(29)30-20)12-16-5-3-9-27-16/h1-2,4,6-8,10-11,16H,3,5,9,12-13H2. The summed E-state index contributed by atoms with van der Waals surface area (Å²) in [5.74, 6) is 0.00905. The van der Waals surface area contributed by atoms with Crippen LogP contribution in [-0.4, -0.2) is 34.4 Å². The van der Waals surface area contributed by atoms with Gasteiger partial charge in [0.05, 0.1) is 22.6 Å². The predicted molar refractivity (Wildman–Crippen MR) is 121 cm³/mol. The molecular weight excluding hydrogens is 445 g/mol. The number of hydrogen-bond acceptors (Lipinski definition) is 5. The Morgan fingerprint density at radius 2 is 2.17 bits per heavy atom. The first-order chi connectivity index (χ1) is 14.5. The normalized spacial score (nSPS) is 20.4. The summed E-state index contributed by atoms with van der Waals surface area (Å²) in [7, 11) is 0. The lowest BCUT2D eigenvalue weighted by atomic mass is 10.2. The van der Waals surface area contributed by atoms with Crippen LogP contribution in [0.25, 0.3) is 6.08 Å². The predicted octanol–water partition coefficient (Wildman–Crippen LogP) is 5.44. The SMILES string of the molecule is O=C1C(=Cc2ccc(OCc3ccccc3F)c(Cl)c2)SC(=S)N1CC1CCCO1. The van der Waals surface area contributed by atoms with Crippen molar-refractivity contribution in [1.82, 2.24) is 4.90 Å². The summed E-state index contributed by atoms with van der Waals surface area (Å²) in [5, 5.41) is 0.384. The number of thioether (sulfide) groups is 1. The van der Waals surface area contributed by atoms with Gasteiger partial charge in [-0.2, -0.15) is 0 Å². The fourth-order valence-electron chi connectivity index (χ4n) is 3.30. The summed E-state index contributed by atoms with van der Waals surface area (Å²) < 4.78 is 25.5. The quantitative estimate of drug-likeness (QED) is 0.421. The maximum absolute atomic E-state index is 13.7. The van der Waals surface area contributed by atoms with Crippen molar-refractivity contribution in [3.05, 3.63) is 69.3 Å². The number of amides is 1. The van der Waals surface area contributed by atoms with Gasteiger partial charge in [0, 0.05) is 12.2 Å². The number of carbonyl (C=O) groups is 1. The lowest BCUT2D eigenvalue weighted by Crippen LogP contribution is -2.35. The van der Waals surface area contributed by atoms with Gasteiger partial charge in [-0.25, -0.2) is 4.39 Å². The number of nitrogens with zero attached hydrogens (tertiary/aromatic N) is 1. The maximum atomic E-state index is 13.7. The third kappa shape index (κ3) is 4.86. The minimum absolute atomic E-state index is 0.0483. The van der Waals surface area contributed by atoms with Crippen LogP contribution in [0, 0.1) is 5.82 Å². The molecule has 0 aromatic heterocycles. The average molecular weight is 464 g/mol. The van der Waals surface area contributed by atoms with E-state index in [4.69, 9.17) is 33.3 Å². The zero-order valence-electron chi connectivity index (χ0n) is 16.0. The molecule has 2 aromatic carbocycles. The highest BCUT2D eigenvalue weighted by Gasteiger charge is 2.34. The van der Waals surface area contributed by atoms with Crippen molar-refractivity contribution >= 4 is 51.9 Å². The second-order valence-corrected chi connectivity index (χ2v) is 9.08. The van der Waals surface area contributed by atoms with Crippen molar-refractivity contribution in [2.24, 2.45) is 0 Å². The molecule has 2 saturated heterocycles. The fraction of sp³-hybridized carbons (Fsp3) is 0.273. The highest BCUT2D eigenvalue weighted by atomic mass is 35.5. The highest BCUT2D eigenvalue weighted by molar-refractivity contribution is 8.26. The van der Waals surface area contributed by atoms with Crippen LogP contribution in [0.1, 0.15) is 24.0 Å². The molecule has 0 saturated carbocycles. The van der Waals surface area contributed by atoms with Crippen molar-refractivity contribution in [3.63, 3.8) is 0 Å². The van der Waals surface area contributed by atoms with Crippen molar-refractivity contribution < 1.29 is 18.7 Å². The molecule has 2 fully saturated rings. The van der Waals surface area contributed by atoms with Crippen molar-refractivity contribution in [2.75, 3.05) is 13.2 Å². The third-order valence-electron chi connectivity index (χ3n) is 4.88. The van der Waals surface area contributed by atoms with E-state index >= 15 is 0 Å². The lowest BCUT2D eigenvalue weighted by Gasteiger charge is -2.18. The summed E-state index contributed by atoms with van der Waals surface area (Å²) in [5.41, 5.74) is 1.21. The van der Waals surface area contributed by atoms with Crippen LogP contribution in [0.5, 0.6) is 5.75 Å². The monoisotopic (exact) mass is 463 g/mol. The Bertz CT molecular complexity index is 1010. The summed E-state index contributed by atoms with van der Waals surface area (Å²) in [6.45, 7) is 1.30. The molecule has 1 atom stereocenters. The zero-order chi connectivity index (χ0) is 21.1. The molecule has 1 amide bonds. The van der Waals surface area contributed by atoms with Crippen LogP contribution in [-0.2, 0) is 16.1 Å². The largest absolute Gasteiger partial charge is 0.487 e. The molecule has 1 unspecified atom stereocenters. The Labute approximate surface area is 189 Å². The van der Waals surface area contributed by atoms with E-state index in [0.717, 1.165) is 25.0 Å². The molecule has 8 heteroatoms. The van der Waals surface area contributed by atoms with E-state index < -0.39 is 0 Å². The van der Waals surface area contributed by atoms with Crippen LogP contribution >= 0.6 is 35.6 Å². The highest BCUT2D eigenvalue weighted by Crippen LogP contribution is 2.35. The topological polar surface area (TPSA) is 38.8 Å². The number of rotatable bonds is 6. The maximum Gasteiger partial charge on any atom is 0.266 e. The summed E-state index contributed by atoms with van der Waals surface area (Å²) >= 11 is 13.0. The van der Waals surface area contributed by atoms with E-state index in [1.54, 1.807) is 47.4 Å². The molecule has 0 bridgehead atoms. The van der Waals surface area contributed by atoms with Gasteiger partial charge in [-0.1, -0.05) is 59.8 Å². The first-order valence-electron chi connectivity index (χ1n) is 9.54. The van der Waals surface area contributed by atoms with Crippen LogP contribution in [0.3, 0.4) is 0 Å². The number of thiocarbonyl (C=S) groups is 1. The molecule has 2 heterocycles. The molecule has 4 rings (SSSR count). The zero-order valence-corrected chi connectivity index (χ0v) is 18.4. The number of benzene rings is 2. The Morgan fingerprint density at radius 3 is 2.90 bits per heavy atom. The number of carbonyl (C=O) groups excluding carboxylic acids is 1. The van der Waals surface area contributed by atoms with Crippen molar-refractivity contribution in [1.29, 1.82) is 0 Å².